The van der Waals surface area contributed by atoms with E-state index in [0.717, 1.165) is 12.4 Å². The van der Waals surface area contributed by atoms with E-state index >= 15 is 0 Å². The van der Waals surface area contributed by atoms with Crippen LogP contribution >= 0.6 is 0 Å². The molecule has 0 bridgehead atoms. The highest BCUT2D eigenvalue weighted by molar-refractivity contribution is 5.30. The van der Waals surface area contributed by atoms with Gasteiger partial charge in [-0.3, -0.25) is 0 Å². The van der Waals surface area contributed by atoms with Gasteiger partial charge in [0.1, 0.15) is 24.1 Å². The Morgan fingerprint density at radius 1 is 1.29 bits per heavy atom. The van der Waals surface area contributed by atoms with Crippen molar-refractivity contribution < 1.29 is 14.2 Å². The van der Waals surface area contributed by atoms with Crippen LogP contribution in [0.15, 0.2) is 24.3 Å². The molecule has 0 N–H and O–H groups in total. The van der Waals surface area contributed by atoms with Crippen molar-refractivity contribution in [1.29, 1.82) is 0 Å². The molecule has 3 rings (SSSR count). The quantitative estimate of drug-likeness (QED) is 0.666. The second-order valence-electron chi connectivity index (χ2n) is 3.67. The van der Waals surface area contributed by atoms with Crippen LogP contribution in [0.5, 0.6) is 5.75 Å². The van der Waals surface area contributed by atoms with Crippen molar-refractivity contribution in [2.45, 2.75) is 18.3 Å². The molecule has 2 aliphatic rings. The molecule has 1 aromatic rings. The van der Waals surface area contributed by atoms with Gasteiger partial charge < -0.3 is 14.2 Å². The monoisotopic (exact) mass is 192 g/mol. The predicted octanol–water partition coefficient (Wildman–Crippen LogP) is 1.53. The van der Waals surface area contributed by atoms with Crippen molar-refractivity contribution >= 4 is 0 Å². The first kappa shape index (κ1) is 8.26. The summed E-state index contributed by atoms with van der Waals surface area (Å²) in [6, 6.07) is 7.98. The molecule has 0 aromatic heterocycles. The second-order valence-corrected chi connectivity index (χ2v) is 3.67. The summed E-state index contributed by atoms with van der Waals surface area (Å²) in [5.41, 5.74) is 1.18. The molecule has 0 spiro atoms. The lowest BCUT2D eigenvalue weighted by molar-refractivity contribution is 0.0282. The van der Waals surface area contributed by atoms with E-state index in [4.69, 9.17) is 14.2 Å². The molecule has 14 heavy (non-hydrogen) atoms. The normalized spacial score (nSPS) is 33.9. The third kappa shape index (κ3) is 1.21. The third-order valence-corrected chi connectivity index (χ3v) is 2.80. The first-order valence-corrected chi connectivity index (χ1v) is 4.79. The number of epoxide rings is 1. The second kappa shape index (κ2) is 2.97. The number of benzene rings is 1. The van der Waals surface area contributed by atoms with Crippen LogP contribution in [-0.4, -0.2) is 25.9 Å². The van der Waals surface area contributed by atoms with Gasteiger partial charge in [-0.15, -0.1) is 0 Å². The Bertz CT molecular complexity index is 333. The lowest BCUT2D eigenvalue weighted by Crippen LogP contribution is -2.04. The summed E-state index contributed by atoms with van der Waals surface area (Å²) in [5.74, 6) is 0.875. The van der Waals surface area contributed by atoms with Crippen molar-refractivity contribution in [3.05, 3.63) is 29.8 Å². The van der Waals surface area contributed by atoms with Gasteiger partial charge in [-0.2, -0.15) is 0 Å². The van der Waals surface area contributed by atoms with Crippen LogP contribution in [0.2, 0.25) is 0 Å². The van der Waals surface area contributed by atoms with Gasteiger partial charge in [-0.25, -0.2) is 0 Å². The Morgan fingerprint density at radius 3 is 2.57 bits per heavy atom. The number of hydrogen-bond acceptors (Lipinski definition) is 3. The Kier molecular flexibility index (Phi) is 1.75. The molecule has 0 radical (unpaired) electrons. The Labute approximate surface area is 82.6 Å². The van der Waals surface area contributed by atoms with Crippen LogP contribution < -0.4 is 4.74 Å². The molecule has 0 saturated carbocycles. The molecule has 0 aliphatic carbocycles. The van der Waals surface area contributed by atoms with Gasteiger partial charge >= 0.3 is 0 Å². The average molecular weight is 192 g/mol. The molecule has 1 aromatic carbocycles. The summed E-state index contributed by atoms with van der Waals surface area (Å²) in [5, 5.41) is 0. The van der Waals surface area contributed by atoms with Gasteiger partial charge in [-0.05, 0) is 17.7 Å². The Balaban J connectivity index is 1.82. The molecule has 2 fully saturated rings. The molecule has 3 atom stereocenters. The maximum Gasteiger partial charge on any atom is 0.118 e. The van der Waals surface area contributed by atoms with Crippen LogP contribution in [0, 0.1) is 0 Å². The minimum atomic E-state index is 0.130. The highest BCUT2D eigenvalue weighted by Gasteiger charge is 2.52. The maximum atomic E-state index is 5.61. The van der Waals surface area contributed by atoms with Gasteiger partial charge in [0.15, 0.2) is 0 Å². The minimum absolute atomic E-state index is 0.130. The molecule has 3 nitrogen and oxygen atoms in total. The zero-order chi connectivity index (χ0) is 9.54. The Morgan fingerprint density at radius 2 is 2.07 bits per heavy atom. The molecule has 74 valence electrons. The smallest absolute Gasteiger partial charge is 0.118 e. The van der Waals surface area contributed by atoms with Gasteiger partial charge in [0.05, 0.1) is 13.7 Å². The van der Waals surface area contributed by atoms with Crippen molar-refractivity contribution in [1.82, 2.24) is 0 Å². The number of rotatable bonds is 2. The summed E-state index contributed by atoms with van der Waals surface area (Å²) < 4.78 is 16.1. The van der Waals surface area contributed by atoms with E-state index < -0.39 is 0 Å². The highest BCUT2D eigenvalue weighted by Crippen LogP contribution is 2.43. The fraction of sp³-hybridized carbons (Fsp3) is 0.455. The topological polar surface area (TPSA) is 31.0 Å². The van der Waals surface area contributed by atoms with Crippen LogP contribution in [0.1, 0.15) is 11.7 Å². The molecule has 2 aliphatic heterocycles. The number of methoxy groups -OCH3 is 1. The van der Waals surface area contributed by atoms with Crippen molar-refractivity contribution in [3.63, 3.8) is 0 Å². The molecular weight excluding hydrogens is 180 g/mol. The van der Waals surface area contributed by atoms with E-state index in [0.29, 0.717) is 12.2 Å². The lowest BCUT2D eigenvalue weighted by Gasteiger charge is -2.11. The van der Waals surface area contributed by atoms with Crippen LogP contribution in [-0.2, 0) is 9.47 Å². The van der Waals surface area contributed by atoms with Crippen molar-refractivity contribution in [2.75, 3.05) is 13.7 Å². The van der Waals surface area contributed by atoms with Crippen molar-refractivity contribution in [3.8, 4) is 5.75 Å². The zero-order valence-electron chi connectivity index (χ0n) is 7.97. The van der Waals surface area contributed by atoms with Crippen LogP contribution in [0.3, 0.4) is 0 Å². The largest absolute Gasteiger partial charge is 0.497 e. The summed E-state index contributed by atoms with van der Waals surface area (Å²) in [7, 11) is 1.67. The van der Waals surface area contributed by atoms with Crippen molar-refractivity contribution in [2.24, 2.45) is 0 Å². The predicted molar refractivity (Wildman–Crippen MR) is 50.3 cm³/mol. The Hall–Kier alpha value is -1.06. The van der Waals surface area contributed by atoms with Gasteiger partial charge in [0.25, 0.3) is 0 Å². The number of fused-ring (bicyclic) bond motifs is 1. The molecule has 3 heteroatoms. The summed E-state index contributed by atoms with van der Waals surface area (Å²) in [4.78, 5) is 0. The first-order chi connectivity index (χ1) is 6.88. The zero-order valence-corrected chi connectivity index (χ0v) is 7.97. The summed E-state index contributed by atoms with van der Waals surface area (Å²) >= 11 is 0. The average Bonchev–Trinajstić information content (AvgIpc) is 2.91. The lowest BCUT2D eigenvalue weighted by atomic mass is 10.1. The third-order valence-electron chi connectivity index (χ3n) is 2.80. The highest BCUT2D eigenvalue weighted by atomic mass is 16.7. The van der Waals surface area contributed by atoms with E-state index in [-0.39, 0.29) is 6.10 Å². The van der Waals surface area contributed by atoms with Crippen LogP contribution in [0.4, 0.5) is 0 Å². The number of ether oxygens (including phenoxy) is 3. The van der Waals surface area contributed by atoms with E-state index in [1.54, 1.807) is 7.11 Å². The van der Waals surface area contributed by atoms with Crippen LogP contribution in [0.25, 0.3) is 0 Å². The van der Waals surface area contributed by atoms with Gasteiger partial charge in [0.2, 0.25) is 0 Å². The van der Waals surface area contributed by atoms with E-state index in [9.17, 15) is 0 Å². The molecule has 0 amide bonds. The minimum Gasteiger partial charge on any atom is -0.497 e. The van der Waals surface area contributed by atoms with E-state index in [2.05, 4.69) is 0 Å². The SMILES string of the molecule is COc1ccc([C@H]2OC[C@H]3O[C@H]23)cc1. The molecule has 0 unspecified atom stereocenters. The molecule has 2 saturated heterocycles. The summed E-state index contributed by atoms with van der Waals surface area (Å²) in [6.45, 7) is 0.737. The fourth-order valence-electron chi connectivity index (χ4n) is 1.93. The summed E-state index contributed by atoms with van der Waals surface area (Å²) in [6.07, 6.45) is 0.774. The molecular formula is C11H12O3. The van der Waals surface area contributed by atoms with Gasteiger partial charge in [0, 0.05) is 0 Å². The molecule has 2 heterocycles. The number of hydrogen-bond donors (Lipinski definition) is 0. The standard InChI is InChI=1S/C11H12O3/c1-12-8-4-2-7(3-5-8)10-11-9(14-11)6-13-10/h2-5,9-11H,6H2,1H3/t9-,10-,11+/m1/s1. The first-order valence-electron chi connectivity index (χ1n) is 4.79. The van der Waals surface area contributed by atoms with Gasteiger partial charge in [-0.1, -0.05) is 12.1 Å². The van der Waals surface area contributed by atoms with E-state index in [1.807, 2.05) is 24.3 Å². The fourth-order valence-corrected chi connectivity index (χ4v) is 1.93. The van der Waals surface area contributed by atoms with E-state index in [1.165, 1.54) is 5.56 Å². The maximum absolute atomic E-state index is 5.61.